The van der Waals surface area contributed by atoms with Crippen molar-refractivity contribution in [1.82, 2.24) is 9.78 Å². The second kappa shape index (κ2) is 5.95. The van der Waals surface area contributed by atoms with Gasteiger partial charge in [0, 0.05) is 42.7 Å². The summed E-state index contributed by atoms with van der Waals surface area (Å²) >= 11 is 0. The Morgan fingerprint density at radius 3 is 2.76 bits per heavy atom. The first-order valence-electron chi connectivity index (χ1n) is 6.89. The molecule has 1 heterocycles. The van der Waals surface area contributed by atoms with E-state index in [0.29, 0.717) is 18.0 Å². The zero-order chi connectivity index (χ0) is 15.6. The van der Waals surface area contributed by atoms with Crippen LogP contribution in [-0.2, 0) is 13.6 Å². The summed E-state index contributed by atoms with van der Waals surface area (Å²) in [5, 5.41) is 18.6. The van der Waals surface area contributed by atoms with Gasteiger partial charge in [-0.15, -0.1) is 0 Å². The number of nitrogens with zero attached hydrogens (tertiary/aromatic N) is 3. The molecule has 0 atom stereocenters. The van der Waals surface area contributed by atoms with E-state index in [2.05, 4.69) is 24.3 Å². The molecule has 0 saturated heterocycles. The molecule has 0 amide bonds. The number of nitro benzene ring substituents is 1. The molecule has 1 aromatic carbocycles. The van der Waals surface area contributed by atoms with Crippen molar-refractivity contribution in [3.8, 4) is 0 Å². The third-order valence-electron chi connectivity index (χ3n) is 3.37. The predicted octanol–water partition coefficient (Wildman–Crippen LogP) is 3.37. The van der Waals surface area contributed by atoms with Crippen LogP contribution in [-0.4, -0.2) is 14.7 Å². The summed E-state index contributed by atoms with van der Waals surface area (Å²) in [6.45, 7) is 6.53. The second-order valence-corrected chi connectivity index (χ2v) is 5.48. The molecule has 2 aromatic rings. The van der Waals surface area contributed by atoms with Gasteiger partial charge in [0.15, 0.2) is 0 Å². The standard InChI is InChI=1S/C15H20N4O2/c1-10(2)15-12(9-18(4)17-15)8-16-13-6-5-11(3)14(7-13)19(20)21/h5-7,9-10,16H,8H2,1-4H3. The predicted molar refractivity (Wildman–Crippen MR) is 82.5 cm³/mol. The van der Waals surface area contributed by atoms with Crippen molar-refractivity contribution in [2.75, 3.05) is 5.32 Å². The minimum absolute atomic E-state index is 0.135. The molecular weight excluding hydrogens is 268 g/mol. The average Bonchev–Trinajstić information content (AvgIpc) is 2.79. The topological polar surface area (TPSA) is 73.0 Å². The monoisotopic (exact) mass is 288 g/mol. The van der Waals surface area contributed by atoms with Gasteiger partial charge in [0.1, 0.15) is 0 Å². The lowest BCUT2D eigenvalue weighted by molar-refractivity contribution is -0.385. The van der Waals surface area contributed by atoms with Crippen LogP contribution in [0.3, 0.4) is 0 Å². The highest BCUT2D eigenvalue weighted by Crippen LogP contribution is 2.24. The number of benzene rings is 1. The Hall–Kier alpha value is -2.37. The maximum Gasteiger partial charge on any atom is 0.274 e. The minimum atomic E-state index is -0.357. The molecule has 21 heavy (non-hydrogen) atoms. The number of aryl methyl sites for hydroxylation is 2. The van der Waals surface area contributed by atoms with Crippen molar-refractivity contribution in [3.05, 3.63) is 51.3 Å². The van der Waals surface area contributed by atoms with E-state index in [-0.39, 0.29) is 10.6 Å². The number of nitrogens with one attached hydrogen (secondary N) is 1. The summed E-state index contributed by atoms with van der Waals surface area (Å²) < 4.78 is 1.80. The number of nitro groups is 1. The number of hydrogen-bond acceptors (Lipinski definition) is 4. The van der Waals surface area contributed by atoms with Gasteiger partial charge in [0.05, 0.1) is 10.6 Å². The maximum atomic E-state index is 11.0. The lowest BCUT2D eigenvalue weighted by Crippen LogP contribution is -2.03. The number of aromatic nitrogens is 2. The van der Waals surface area contributed by atoms with Crippen LogP contribution in [0.25, 0.3) is 0 Å². The molecule has 0 bridgehead atoms. The summed E-state index contributed by atoms with van der Waals surface area (Å²) in [4.78, 5) is 10.6. The third-order valence-corrected chi connectivity index (χ3v) is 3.37. The molecule has 0 fully saturated rings. The number of rotatable bonds is 5. The van der Waals surface area contributed by atoms with Crippen molar-refractivity contribution in [1.29, 1.82) is 0 Å². The summed E-state index contributed by atoms with van der Waals surface area (Å²) in [5.74, 6) is 0.343. The lowest BCUT2D eigenvalue weighted by atomic mass is 10.1. The molecule has 112 valence electrons. The van der Waals surface area contributed by atoms with Crippen LogP contribution in [0.2, 0.25) is 0 Å². The molecule has 0 spiro atoms. The van der Waals surface area contributed by atoms with Crippen molar-refractivity contribution in [2.24, 2.45) is 7.05 Å². The lowest BCUT2D eigenvalue weighted by Gasteiger charge is -2.09. The first kappa shape index (κ1) is 15.0. The van der Waals surface area contributed by atoms with E-state index in [9.17, 15) is 10.1 Å². The largest absolute Gasteiger partial charge is 0.381 e. The van der Waals surface area contributed by atoms with E-state index in [1.54, 1.807) is 23.7 Å². The zero-order valence-corrected chi connectivity index (χ0v) is 12.8. The van der Waals surface area contributed by atoms with Gasteiger partial charge in [0.25, 0.3) is 5.69 Å². The highest BCUT2D eigenvalue weighted by molar-refractivity contribution is 5.55. The fraction of sp³-hybridized carbons (Fsp3) is 0.400. The van der Waals surface area contributed by atoms with Gasteiger partial charge >= 0.3 is 0 Å². The van der Waals surface area contributed by atoms with Gasteiger partial charge in [-0.1, -0.05) is 19.9 Å². The van der Waals surface area contributed by atoms with Gasteiger partial charge in [-0.3, -0.25) is 14.8 Å². The van der Waals surface area contributed by atoms with E-state index < -0.39 is 0 Å². The third kappa shape index (κ3) is 3.39. The molecule has 0 saturated carbocycles. The second-order valence-electron chi connectivity index (χ2n) is 5.48. The van der Waals surface area contributed by atoms with Crippen LogP contribution in [0, 0.1) is 17.0 Å². The van der Waals surface area contributed by atoms with Crippen molar-refractivity contribution in [3.63, 3.8) is 0 Å². The summed E-state index contributed by atoms with van der Waals surface area (Å²) in [7, 11) is 1.89. The Balaban J connectivity index is 2.17. The van der Waals surface area contributed by atoms with E-state index in [1.165, 1.54) is 0 Å². The fourth-order valence-corrected chi connectivity index (χ4v) is 2.29. The molecule has 1 aromatic heterocycles. The first-order chi connectivity index (χ1) is 9.88. The van der Waals surface area contributed by atoms with Gasteiger partial charge in [0.2, 0.25) is 0 Å². The van der Waals surface area contributed by atoms with Crippen molar-refractivity contribution >= 4 is 11.4 Å². The number of anilines is 1. The van der Waals surface area contributed by atoms with Crippen LogP contribution >= 0.6 is 0 Å². The molecule has 2 rings (SSSR count). The van der Waals surface area contributed by atoms with E-state index in [0.717, 1.165) is 16.9 Å². The van der Waals surface area contributed by atoms with Crippen LogP contribution in [0.15, 0.2) is 24.4 Å². The molecule has 0 aliphatic rings. The molecule has 0 aliphatic carbocycles. The summed E-state index contributed by atoms with van der Waals surface area (Å²) in [5.41, 5.74) is 3.69. The van der Waals surface area contributed by atoms with E-state index in [1.807, 2.05) is 19.3 Å². The Bertz CT molecular complexity index is 662. The van der Waals surface area contributed by atoms with E-state index in [4.69, 9.17) is 0 Å². The molecule has 0 unspecified atom stereocenters. The summed E-state index contributed by atoms with van der Waals surface area (Å²) in [6, 6.07) is 5.18. The zero-order valence-electron chi connectivity index (χ0n) is 12.8. The average molecular weight is 288 g/mol. The summed E-state index contributed by atoms with van der Waals surface area (Å²) in [6.07, 6.45) is 1.98. The number of hydrogen-bond donors (Lipinski definition) is 1. The SMILES string of the molecule is Cc1ccc(NCc2cn(C)nc2C(C)C)cc1[N+](=O)[O-]. The molecule has 6 nitrogen and oxygen atoms in total. The molecule has 1 N–H and O–H groups in total. The van der Waals surface area contributed by atoms with Crippen LogP contribution in [0.1, 0.15) is 36.6 Å². The molecule has 0 aliphatic heterocycles. The smallest absolute Gasteiger partial charge is 0.274 e. The Kier molecular flexibility index (Phi) is 4.26. The first-order valence-corrected chi connectivity index (χ1v) is 6.89. The Morgan fingerprint density at radius 1 is 1.43 bits per heavy atom. The van der Waals surface area contributed by atoms with Gasteiger partial charge in [-0.05, 0) is 18.9 Å². The maximum absolute atomic E-state index is 11.0. The minimum Gasteiger partial charge on any atom is -0.381 e. The van der Waals surface area contributed by atoms with Gasteiger partial charge in [-0.25, -0.2) is 0 Å². The molecular formula is C15H20N4O2. The highest BCUT2D eigenvalue weighted by Gasteiger charge is 2.13. The van der Waals surface area contributed by atoms with Crippen LogP contribution in [0.5, 0.6) is 0 Å². The van der Waals surface area contributed by atoms with Gasteiger partial charge < -0.3 is 5.32 Å². The molecule has 0 radical (unpaired) electrons. The quantitative estimate of drug-likeness (QED) is 0.676. The van der Waals surface area contributed by atoms with Crippen LogP contribution < -0.4 is 5.32 Å². The van der Waals surface area contributed by atoms with Crippen molar-refractivity contribution < 1.29 is 4.92 Å². The fourth-order valence-electron chi connectivity index (χ4n) is 2.29. The Labute approximate surface area is 123 Å². The van der Waals surface area contributed by atoms with E-state index >= 15 is 0 Å². The highest BCUT2D eigenvalue weighted by atomic mass is 16.6. The van der Waals surface area contributed by atoms with Gasteiger partial charge in [-0.2, -0.15) is 5.10 Å². The van der Waals surface area contributed by atoms with Crippen molar-refractivity contribution in [2.45, 2.75) is 33.2 Å². The molecule has 6 heteroatoms. The normalized spacial score (nSPS) is 10.9. The van der Waals surface area contributed by atoms with Crippen LogP contribution in [0.4, 0.5) is 11.4 Å². The Morgan fingerprint density at radius 2 is 2.14 bits per heavy atom.